The van der Waals surface area contributed by atoms with Crippen LogP contribution in [0.3, 0.4) is 0 Å². The Morgan fingerprint density at radius 1 is 1.28 bits per heavy atom. The van der Waals surface area contributed by atoms with Crippen LogP contribution in [0.25, 0.3) is 11.7 Å². The monoisotopic (exact) mass is 247 g/mol. The molecule has 18 heavy (non-hydrogen) atoms. The van der Waals surface area contributed by atoms with E-state index >= 15 is 0 Å². The van der Waals surface area contributed by atoms with Crippen molar-refractivity contribution in [1.82, 2.24) is 15.5 Å². The molecule has 0 atom stereocenters. The normalized spacial score (nSPS) is 15.2. The summed E-state index contributed by atoms with van der Waals surface area (Å²) in [7, 11) is 0. The highest BCUT2D eigenvalue weighted by Crippen LogP contribution is 2.21. The molecule has 0 aliphatic heterocycles. The van der Waals surface area contributed by atoms with Gasteiger partial charge in [0.25, 0.3) is 5.89 Å². The SMILES string of the molecule is CCc1ccc(-c2nnc(CCNC3CC3)o2)o1. The van der Waals surface area contributed by atoms with Gasteiger partial charge in [-0.3, -0.25) is 0 Å². The molecule has 1 aliphatic carbocycles. The van der Waals surface area contributed by atoms with Gasteiger partial charge in [0.2, 0.25) is 5.89 Å². The van der Waals surface area contributed by atoms with Gasteiger partial charge in [-0.2, -0.15) is 0 Å². The summed E-state index contributed by atoms with van der Waals surface area (Å²) in [6, 6.07) is 4.52. The average Bonchev–Trinajstić information content (AvgIpc) is 2.92. The van der Waals surface area contributed by atoms with Crippen LogP contribution in [0, 0.1) is 0 Å². The van der Waals surface area contributed by atoms with E-state index in [2.05, 4.69) is 15.5 Å². The van der Waals surface area contributed by atoms with Gasteiger partial charge >= 0.3 is 0 Å². The molecular weight excluding hydrogens is 230 g/mol. The summed E-state index contributed by atoms with van der Waals surface area (Å²) < 4.78 is 11.1. The van der Waals surface area contributed by atoms with Crippen LogP contribution in [0.4, 0.5) is 0 Å². The van der Waals surface area contributed by atoms with Gasteiger partial charge in [-0.1, -0.05) is 6.92 Å². The van der Waals surface area contributed by atoms with Gasteiger partial charge < -0.3 is 14.2 Å². The summed E-state index contributed by atoms with van der Waals surface area (Å²) in [5.74, 6) is 2.71. The molecular formula is C13H17N3O2. The first-order chi connectivity index (χ1) is 8.85. The van der Waals surface area contributed by atoms with Crippen LogP contribution in [0.5, 0.6) is 0 Å². The highest BCUT2D eigenvalue weighted by Gasteiger charge is 2.20. The van der Waals surface area contributed by atoms with Crippen LogP contribution in [0.1, 0.15) is 31.4 Å². The minimum atomic E-state index is 0.469. The smallest absolute Gasteiger partial charge is 0.283 e. The first kappa shape index (κ1) is 11.5. The largest absolute Gasteiger partial charge is 0.456 e. The molecule has 0 amide bonds. The summed E-state index contributed by atoms with van der Waals surface area (Å²) >= 11 is 0. The number of furan rings is 1. The molecule has 0 saturated heterocycles. The fraction of sp³-hybridized carbons (Fsp3) is 0.538. The van der Waals surface area contributed by atoms with Gasteiger partial charge in [-0.15, -0.1) is 10.2 Å². The Bertz CT molecular complexity index is 514. The lowest BCUT2D eigenvalue weighted by Crippen LogP contribution is -2.19. The van der Waals surface area contributed by atoms with Crippen molar-refractivity contribution in [2.45, 2.75) is 38.6 Å². The van der Waals surface area contributed by atoms with Gasteiger partial charge in [0.15, 0.2) is 5.76 Å². The van der Waals surface area contributed by atoms with Crippen LogP contribution in [0.15, 0.2) is 21.0 Å². The maximum atomic E-state index is 5.57. The van der Waals surface area contributed by atoms with Gasteiger partial charge in [0, 0.05) is 25.4 Å². The second-order valence-electron chi connectivity index (χ2n) is 4.60. The Balaban J connectivity index is 1.60. The fourth-order valence-electron chi connectivity index (χ4n) is 1.81. The van der Waals surface area contributed by atoms with E-state index < -0.39 is 0 Å². The predicted octanol–water partition coefficient (Wildman–Crippen LogP) is 2.19. The Labute approximate surface area is 106 Å². The molecule has 3 rings (SSSR count). The van der Waals surface area contributed by atoms with E-state index in [9.17, 15) is 0 Å². The molecule has 2 aromatic heterocycles. The summed E-state index contributed by atoms with van der Waals surface area (Å²) in [5.41, 5.74) is 0. The van der Waals surface area contributed by atoms with E-state index in [4.69, 9.17) is 8.83 Å². The first-order valence-corrected chi connectivity index (χ1v) is 6.50. The maximum Gasteiger partial charge on any atom is 0.283 e. The standard InChI is InChI=1S/C13H17N3O2/c1-2-10-5-6-11(17-10)13-16-15-12(18-13)7-8-14-9-3-4-9/h5-6,9,14H,2-4,7-8H2,1H3. The number of aryl methyl sites for hydroxylation is 1. The molecule has 1 saturated carbocycles. The van der Waals surface area contributed by atoms with Crippen LogP contribution in [0.2, 0.25) is 0 Å². The van der Waals surface area contributed by atoms with E-state index in [0.717, 1.165) is 25.1 Å². The average molecular weight is 247 g/mol. The Morgan fingerprint density at radius 2 is 2.17 bits per heavy atom. The third kappa shape index (κ3) is 2.61. The van der Waals surface area contributed by atoms with Crippen molar-refractivity contribution in [2.24, 2.45) is 0 Å². The van der Waals surface area contributed by atoms with Crippen LogP contribution in [-0.4, -0.2) is 22.8 Å². The summed E-state index contributed by atoms with van der Waals surface area (Å²) in [6.45, 7) is 2.94. The maximum absolute atomic E-state index is 5.57. The minimum absolute atomic E-state index is 0.469. The van der Waals surface area contributed by atoms with Gasteiger partial charge in [0.1, 0.15) is 5.76 Å². The fourth-order valence-corrected chi connectivity index (χ4v) is 1.81. The number of hydrogen-bond acceptors (Lipinski definition) is 5. The first-order valence-electron chi connectivity index (χ1n) is 6.50. The molecule has 2 heterocycles. The second-order valence-corrected chi connectivity index (χ2v) is 4.60. The zero-order valence-corrected chi connectivity index (χ0v) is 10.5. The van der Waals surface area contributed by atoms with Crippen molar-refractivity contribution < 1.29 is 8.83 Å². The Morgan fingerprint density at radius 3 is 2.89 bits per heavy atom. The zero-order valence-electron chi connectivity index (χ0n) is 10.5. The third-order valence-corrected chi connectivity index (χ3v) is 3.04. The third-order valence-electron chi connectivity index (χ3n) is 3.04. The second kappa shape index (κ2) is 4.94. The Hall–Kier alpha value is -1.62. The number of nitrogens with one attached hydrogen (secondary N) is 1. The molecule has 5 heteroatoms. The number of hydrogen-bond donors (Lipinski definition) is 1. The van der Waals surface area contributed by atoms with Crippen LogP contribution in [-0.2, 0) is 12.8 Å². The summed E-state index contributed by atoms with van der Waals surface area (Å²) in [6.07, 6.45) is 4.22. The zero-order chi connectivity index (χ0) is 12.4. The van der Waals surface area contributed by atoms with Crippen LogP contribution < -0.4 is 5.32 Å². The number of rotatable bonds is 6. The van der Waals surface area contributed by atoms with E-state index in [1.54, 1.807) is 0 Å². The number of nitrogens with zero attached hydrogens (tertiary/aromatic N) is 2. The molecule has 0 bridgehead atoms. The highest BCUT2D eigenvalue weighted by molar-refractivity contribution is 5.43. The molecule has 0 aromatic carbocycles. The summed E-state index contributed by atoms with van der Waals surface area (Å²) in [4.78, 5) is 0. The van der Waals surface area contributed by atoms with Gasteiger partial charge in [-0.25, -0.2) is 0 Å². The van der Waals surface area contributed by atoms with E-state index in [0.29, 0.717) is 23.6 Å². The minimum Gasteiger partial charge on any atom is -0.456 e. The summed E-state index contributed by atoms with van der Waals surface area (Å²) in [5, 5.41) is 11.5. The molecule has 0 unspecified atom stereocenters. The molecule has 1 fully saturated rings. The van der Waals surface area contributed by atoms with Crippen LogP contribution >= 0.6 is 0 Å². The van der Waals surface area contributed by atoms with Crippen molar-refractivity contribution in [3.63, 3.8) is 0 Å². The molecule has 5 nitrogen and oxygen atoms in total. The molecule has 0 radical (unpaired) electrons. The lowest BCUT2D eigenvalue weighted by Gasteiger charge is -1.97. The van der Waals surface area contributed by atoms with Crippen molar-refractivity contribution in [3.8, 4) is 11.7 Å². The van der Waals surface area contributed by atoms with Gasteiger partial charge in [0.05, 0.1) is 0 Å². The number of aromatic nitrogens is 2. The van der Waals surface area contributed by atoms with Crippen molar-refractivity contribution in [3.05, 3.63) is 23.8 Å². The molecule has 0 spiro atoms. The molecule has 96 valence electrons. The lowest BCUT2D eigenvalue weighted by atomic mass is 10.3. The van der Waals surface area contributed by atoms with E-state index in [-0.39, 0.29) is 0 Å². The lowest BCUT2D eigenvalue weighted by molar-refractivity contribution is 0.462. The molecule has 1 aliphatic rings. The van der Waals surface area contributed by atoms with Gasteiger partial charge in [-0.05, 0) is 25.0 Å². The Kier molecular flexibility index (Phi) is 3.15. The van der Waals surface area contributed by atoms with Crippen molar-refractivity contribution in [1.29, 1.82) is 0 Å². The van der Waals surface area contributed by atoms with Crippen molar-refractivity contribution >= 4 is 0 Å². The quantitative estimate of drug-likeness (QED) is 0.847. The van der Waals surface area contributed by atoms with E-state index in [1.807, 2.05) is 19.1 Å². The predicted molar refractivity (Wildman–Crippen MR) is 66.1 cm³/mol. The van der Waals surface area contributed by atoms with E-state index in [1.165, 1.54) is 12.8 Å². The molecule has 1 N–H and O–H groups in total. The molecule has 2 aromatic rings. The topological polar surface area (TPSA) is 64.1 Å². The highest BCUT2D eigenvalue weighted by atomic mass is 16.4. The van der Waals surface area contributed by atoms with Crippen molar-refractivity contribution in [2.75, 3.05) is 6.54 Å².